The number of H-pyrrole nitrogens is 1. The highest BCUT2D eigenvalue weighted by molar-refractivity contribution is 5.61. The molecule has 0 fully saturated rings. The van der Waals surface area contributed by atoms with Crippen molar-refractivity contribution in [3.05, 3.63) is 36.3 Å². The molecule has 2 aromatic heterocycles. The zero-order chi connectivity index (χ0) is 13.7. The Labute approximate surface area is 114 Å². The van der Waals surface area contributed by atoms with E-state index in [0.717, 1.165) is 17.8 Å². The molecule has 0 aliphatic heterocycles. The van der Waals surface area contributed by atoms with Crippen LogP contribution in [-0.2, 0) is 6.54 Å². The number of nitrogens with zero attached hydrogens (tertiary/aromatic N) is 2. The summed E-state index contributed by atoms with van der Waals surface area (Å²) in [6, 6.07) is 4.49. The molecule has 1 unspecified atom stereocenters. The van der Waals surface area contributed by atoms with Crippen LogP contribution in [0.1, 0.15) is 32.8 Å². The highest BCUT2D eigenvalue weighted by Crippen LogP contribution is 2.19. The SMILES string of the molecule is CC(C)CC(C)NCc1cn[nH]c1-c1cccnc1. The Morgan fingerprint density at radius 2 is 2.11 bits per heavy atom. The molecule has 0 saturated heterocycles. The van der Waals surface area contributed by atoms with E-state index in [0.29, 0.717) is 12.0 Å². The molecule has 0 aromatic carbocycles. The summed E-state index contributed by atoms with van der Waals surface area (Å²) >= 11 is 0. The summed E-state index contributed by atoms with van der Waals surface area (Å²) in [5, 5.41) is 10.7. The number of hydrogen-bond acceptors (Lipinski definition) is 3. The largest absolute Gasteiger partial charge is 0.310 e. The maximum Gasteiger partial charge on any atom is 0.0710 e. The van der Waals surface area contributed by atoms with E-state index < -0.39 is 0 Å². The highest BCUT2D eigenvalue weighted by atomic mass is 15.1. The number of aromatic nitrogens is 3. The summed E-state index contributed by atoms with van der Waals surface area (Å²) < 4.78 is 0. The van der Waals surface area contributed by atoms with Crippen LogP contribution in [0.2, 0.25) is 0 Å². The van der Waals surface area contributed by atoms with Gasteiger partial charge in [0, 0.05) is 36.1 Å². The molecule has 2 aromatic rings. The van der Waals surface area contributed by atoms with Gasteiger partial charge in [0.1, 0.15) is 0 Å². The third kappa shape index (κ3) is 3.89. The smallest absolute Gasteiger partial charge is 0.0710 e. The number of hydrogen-bond donors (Lipinski definition) is 2. The molecular weight excluding hydrogens is 236 g/mol. The van der Waals surface area contributed by atoms with E-state index in [1.165, 1.54) is 12.0 Å². The zero-order valence-corrected chi connectivity index (χ0v) is 11.9. The summed E-state index contributed by atoms with van der Waals surface area (Å²) in [5.74, 6) is 0.713. The van der Waals surface area contributed by atoms with E-state index in [1.807, 2.05) is 24.5 Å². The molecule has 4 nitrogen and oxygen atoms in total. The van der Waals surface area contributed by atoms with Gasteiger partial charge in [-0.25, -0.2) is 0 Å². The minimum absolute atomic E-state index is 0.511. The Hall–Kier alpha value is -1.68. The lowest BCUT2D eigenvalue weighted by Gasteiger charge is -2.15. The maximum absolute atomic E-state index is 4.15. The molecule has 1 atom stereocenters. The second-order valence-corrected chi connectivity index (χ2v) is 5.42. The molecule has 2 rings (SSSR count). The first-order valence-electron chi connectivity index (χ1n) is 6.83. The van der Waals surface area contributed by atoms with Gasteiger partial charge in [0.15, 0.2) is 0 Å². The number of nitrogens with one attached hydrogen (secondary N) is 2. The van der Waals surface area contributed by atoms with Crippen molar-refractivity contribution >= 4 is 0 Å². The molecule has 19 heavy (non-hydrogen) atoms. The Morgan fingerprint density at radius 1 is 1.26 bits per heavy atom. The second-order valence-electron chi connectivity index (χ2n) is 5.42. The quantitative estimate of drug-likeness (QED) is 0.837. The first-order valence-corrected chi connectivity index (χ1v) is 6.83. The Morgan fingerprint density at radius 3 is 2.79 bits per heavy atom. The van der Waals surface area contributed by atoms with Crippen molar-refractivity contribution in [2.75, 3.05) is 0 Å². The van der Waals surface area contributed by atoms with Gasteiger partial charge >= 0.3 is 0 Å². The summed E-state index contributed by atoms with van der Waals surface area (Å²) in [7, 11) is 0. The third-order valence-electron chi connectivity index (χ3n) is 3.13. The monoisotopic (exact) mass is 258 g/mol. The first kappa shape index (κ1) is 13.7. The van der Waals surface area contributed by atoms with Gasteiger partial charge in [-0.1, -0.05) is 13.8 Å². The fourth-order valence-corrected chi connectivity index (χ4v) is 2.28. The zero-order valence-electron chi connectivity index (χ0n) is 11.9. The number of pyridine rings is 1. The molecule has 0 aliphatic carbocycles. The highest BCUT2D eigenvalue weighted by Gasteiger charge is 2.09. The van der Waals surface area contributed by atoms with Crippen LogP contribution >= 0.6 is 0 Å². The fourth-order valence-electron chi connectivity index (χ4n) is 2.28. The van der Waals surface area contributed by atoms with Gasteiger partial charge in [-0.05, 0) is 31.4 Å². The molecule has 0 saturated carbocycles. The van der Waals surface area contributed by atoms with Crippen LogP contribution in [0.25, 0.3) is 11.3 Å². The van der Waals surface area contributed by atoms with Crippen molar-refractivity contribution in [3.8, 4) is 11.3 Å². The van der Waals surface area contributed by atoms with E-state index in [9.17, 15) is 0 Å². The predicted octanol–water partition coefficient (Wildman–Crippen LogP) is 3.00. The molecule has 0 bridgehead atoms. The normalized spacial score (nSPS) is 12.8. The maximum atomic E-state index is 4.15. The van der Waals surface area contributed by atoms with E-state index in [-0.39, 0.29) is 0 Å². The van der Waals surface area contributed by atoms with Crippen LogP contribution in [0.4, 0.5) is 0 Å². The van der Waals surface area contributed by atoms with Gasteiger partial charge in [-0.3, -0.25) is 10.1 Å². The first-order chi connectivity index (χ1) is 9.16. The topological polar surface area (TPSA) is 53.6 Å². The minimum Gasteiger partial charge on any atom is -0.310 e. The Bertz CT molecular complexity index is 490. The van der Waals surface area contributed by atoms with Crippen LogP contribution in [0.3, 0.4) is 0 Å². The average molecular weight is 258 g/mol. The van der Waals surface area contributed by atoms with E-state index in [4.69, 9.17) is 0 Å². The predicted molar refractivity (Wildman–Crippen MR) is 77.6 cm³/mol. The van der Waals surface area contributed by atoms with Crippen molar-refractivity contribution in [1.29, 1.82) is 0 Å². The summed E-state index contributed by atoms with van der Waals surface area (Å²) in [6.07, 6.45) is 6.70. The van der Waals surface area contributed by atoms with Gasteiger partial charge in [-0.15, -0.1) is 0 Å². The lowest BCUT2D eigenvalue weighted by molar-refractivity contribution is 0.442. The second kappa shape index (κ2) is 6.48. The van der Waals surface area contributed by atoms with Crippen LogP contribution in [0.15, 0.2) is 30.7 Å². The summed E-state index contributed by atoms with van der Waals surface area (Å²) in [5.41, 5.74) is 3.31. The fraction of sp³-hybridized carbons (Fsp3) is 0.467. The van der Waals surface area contributed by atoms with Crippen LogP contribution in [0.5, 0.6) is 0 Å². The Kier molecular flexibility index (Phi) is 4.68. The summed E-state index contributed by atoms with van der Waals surface area (Å²) in [4.78, 5) is 4.15. The van der Waals surface area contributed by atoms with Crippen molar-refractivity contribution in [3.63, 3.8) is 0 Å². The van der Waals surface area contributed by atoms with Crippen molar-refractivity contribution in [2.45, 2.75) is 39.8 Å². The third-order valence-corrected chi connectivity index (χ3v) is 3.13. The standard InChI is InChI=1S/C15H22N4/c1-11(2)7-12(3)17-9-14-10-18-19-15(14)13-5-4-6-16-8-13/h4-6,8,10-12,17H,7,9H2,1-3H3,(H,18,19). The lowest BCUT2D eigenvalue weighted by Crippen LogP contribution is -2.26. The van der Waals surface area contributed by atoms with E-state index in [1.54, 1.807) is 6.20 Å². The van der Waals surface area contributed by atoms with Crippen molar-refractivity contribution in [1.82, 2.24) is 20.5 Å². The minimum atomic E-state index is 0.511. The molecule has 2 N–H and O–H groups in total. The van der Waals surface area contributed by atoms with Crippen molar-refractivity contribution < 1.29 is 0 Å². The van der Waals surface area contributed by atoms with E-state index >= 15 is 0 Å². The molecule has 2 heterocycles. The van der Waals surface area contributed by atoms with E-state index in [2.05, 4.69) is 41.3 Å². The number of rotatable bonds is 6. The molecule has 0 amide bonds. The van der Waals surface area contributed by atoms with Crippen molar-refractivity contribution in [2.24, 2.45) is 5.92 Å². The molecule has 102 valence electrons. The lowest BCUT2D eigenvalue weighted by atomic mass is 10.0. The van der Waals surface area contributed by atoms with Crippen LogP contribution in [0, 0.1) is 5.92 Å². The van der Waals surface area contributed by atoms with Crippen LogP contribution < -0.4 is 5.32 Å². The number of aromatic amines is 1. The van der Waals surface area contributed by atoms with Gasteiger partial charge < -0.3 is 5.32 Å². The van der Waals surface area contributed by atoms with Gasteiger partial charge in [0.2, 0.25) is 0 Å². The van der Waals surface area contributed by atoms with Gasteiger partial charge in [0.25, 0.3) is 0 Å². The molecule has 0 aliphatic rings. The molecule has 4 heteroatoms. The van der Waals surface area contributed by atoms with Gasteiger partial charge in [0.05, 0.1) is 11.9 Å². The average Bonchev–Trinajstić information content (AvgIpc) is 2.85. The van der Waals surface area contributed by atoms with Crippen LogP contribution in [-0.4, -0.2) is 21.2 Å². The van der Waals surface area contributed by atoms with Gasteiger partial charge in [-0.2, -0.15) is 5.10 Å². The molecule has 0 spiro atoms. The molecule has 0 radical (unpaired) electrons. The summed E-state index contributed by atoms with van der Waals surface area (Å²) in [6.45, 7) is 7.55. The Balaban J connectivity index is 2.01. The molecular formula is C15H22N4.